The minimum Gasteiger partial charge on any atom is -0.378 e. The van der Waals surface area contributed by atoms with Gasteiger partial charge in [0.25, 0.3) is 7.37 Å². The molecule has 4 nitrogen and oxygen atoms in total. The van der Waals surface area contributed by atoms with Crippen molar-refractivity contribution in [2.24, 2.45) is 0 Å². The first-order chi connectivity index (χ1) is 9.85. The highest BCUT2D eigenvalue weighted by molar-refractivity contribution is 7.58. The molecule has 3 N–H and O–H groups in total. The number of halogens is 2. The van der Waals surface area contributed by atoms with Crippen molar-refractivity contribution in [3.63, 3.8) is 0 Å². The van der Waals surface area contributed by atoms with Crippen LogP contribution in [-0.4, -0.2) is 15.1 Å². The smallest absolute Gasteiger partial charge is 0.264 e. The van der Waals surface area contributed by atoms with Gasteiger partial charge in [-0.25, -0.2) is 8.78 Å². The lowest BCUT2D eigenvalue weighted by Crippen LogP contribution is -2.10. The Balaban J connectivity index is 2.40. The van der Waals surface area contributed by atoms with Crippen LogP contribution in [0.2, 0.25) is 0 Å². The molecule has 2 rings (SSSR count). The number of benzene rings is 2. The molecule has 7 heteroatoms. The molecular weight excluding hydrogens is 301 g/mol. The van der Waals surface area contributed by atoms with Crippen molar-refractivity contribution in [1.82, 2.24) is 0 Å². The molecule has 21 heavy (non-hydrogen) atoms. The van der Waals surface area contributed by atoms with E-state index in [0.717, 1.165) is 24.3 Å². The highest BCUT2D eigenvalue weighted by Gasteiger charge is 2.41. The molecule has 0 radical (unpaired) electrons. The van der Waals surface area contributed by atoms with Gasteiger partial charge >= 0.3 is 0 Å². The lowest BCUT2D eigenvalue weighted by Gasteiger charge is -2.24. The molecule has 112 valence electrons. The molecular formula is C14H13F2O4P. The average molecular weight is 314 g/mol. The molecule has 0 fully saturated rings. The Labute approximate surface area is 119 Å². The van der Waals surface area contributed by atoms with Crippen LogP contribution in [0.3, 0.4) is 0 Å². The van der Waals surface area contributed by atoms with Crippen molar-refractivity contribution in [2.45, 2.75) is 11.7 Å². The summed E-state index contributed by atoms with van der Waals surface area (Å²) < 4.78 is 39.4. The molecule has 0 aliphatic rings. The molecule has 0 amide bonds. The fourth-order valence-corrected chi connectivity index (χ4v) is 3.38. The van der Waals surface area contributed by atoms with E-state index in [1.807, 2.05) is 0 Å². The Morgan fingerprint density at radius 1 is 0.810 bits per heavy atom. The third kappa shape index (κ3) is 3.04. The number of hydrogen-bond acceptors (Lipinski definition) is 3. The first-order valence-corrected chi connectivity index (χ1v) is 7.82. The first-order valence-electron chi connectivity index (χ1n) is 6.03. The van der Waals surface area contributed by atoms with Crippen LogP contribution in [0.1, 0.15) is 22.8 Å². The normalized spacial score (nSPS) is 14.7. The fourth-order valence-electron chi connectivity index (χ4n) is 1.90. The highest BCUT2D eigenvalue weighted by atomic mass is 31.2. The molecule has 0 saturated carbocycles. The molecule has 0 aromatic heterocycles. The molecule has 2 aromatic carbocycles. The Hall–Kier alpha value is -1.59. The third-order valence-electron chi connectivity index (χ3n) is 3.07. The zero-order valence-corrected chi connectivity index (χ0v) is 11.6. The first kappa shape index (κ1) is 15.8. The van der Waals surface area contributed by atoms with E-state index in [-0.39, 0.29) is 0 Å². The number of aliphatic hydroxyl groups excluding tert-OH is 2. The van der Waals surface area contributed by atoms with Gasteiger partial charge in [0, 0.05) is 11.1 Å². The summed E-state index contributed by atoms with van der Waals surface area (Å²) >= 11 is 0. The van der Waals surface area contributed by atoms with E-state index in [1.165, 1.54) is 24.3 Å². The van der Waals surface area contributed by atoms with E-state index in [2.05, 4.69) is 0 Å². The quantitative estimate of drug-likeness (QED) is 0.758. The summed E-state index contributed by atoms with van der Waals surface area (Å²) in [5, 5.41) is 19.8. The van der Waals surface area contributed by atoms with Crippen molar-refractivity contribution >= 4 is 7.37 Å². The average Bonchev–Trinajstić information content (AvgIpc) is 2.47. The van der Waals surface area contributed by atoms with Crippen molar-refractivity contribution in [2.75, 3.05) is 0 Å². The molecule has 0 spiro atoms. The van der Waals surface area contributed by atoms with Gasteiger partial charge in [0.15, 0.2) is 11.7 Å². The van der Waals surface area contributed by atoms with Crippen LogP contribution in [0, 0.1) is 11.6 Å². The minimum atomic E-state index is -4.74. The second-order valence-corrected chi connectivity index (χ2v) is 6.79. The van der Waals surface area contributed by atoms with E-state index in [0.29, 0.717) is 0 Å². The zero-order valence-electron chi connectivity index (χ0n) is 10.7. The van der Waals surface area contributed by atoms with Crippen molar-refractivity contribution in [1.29, 1.82) is 0 Å². The molecule has 0 bridgehead atoms. The molecule has 0 saturated heterocycles. The van der Waals surface area contributed by atoms with Gasteiger partial charge in [0.2, 0.25) is 0 Å². The summed E-state index contributed by atoms with van der Waals surface area (Å²) in [5.74, 6) is -6.10. The summed E-state index contributed by atoms with van der Waals surface area (Å²) in [6.07, 6.45) is 0. The van der Waals surface area contributed by atoms with Crippen LogP contribution in [-0.2, 0) is 4.57 Å². The van der Waals surface area contributed by atoms with Gasteiger partial charge in [-0.15, -0.1) is 0 Å². The predicted molar refractivity (Wildman–Crippen MR) is 72.5 cm³/mol. The number of rotatable bonds is 4. The summed E-state index contributed by atoms with van der Waals surface area (Å²) in [6, 6.07) is 9.70. The molecule has 0 unspecified atom stereocenters. The van der Waals surface area contributed by atoms with E-state index >= 15 is 0 Å². The van der Waals surface area contributed by atoms with Crippen LogP contribution in [0.5, 0.6) is 0 Å². The third-order valence-corrected chi connectivity index (χ3v) is 5.03. The van der Waals surface area contributed by atoms with Gasteiger partial charge in [0.1, 0.15) is 11.6 Å². The molecule has 0 aliphatic carbocycles. The predicted octanol–water partition coefficient (Wildman–Crippen LogP) is 2.92. The van der Waals surface area contributed by atoms with Crippen LogP contribution in [0.15, 0.2) is 48.5 Å². The maximum absolute atomic E-state index is 13.6. The van der Waals surface area contributed by atoms with E-state index in [9.17, 15) is 28.5 Å². The van der Waals surface area contributed by atoms with Crippen LogP contribution >= 0.6 is 7.37 Å². The largest absolute Gasteiger partial charge is 0.378 e. The van der Waals surface area contributed by atoms with Gasteiger partial charge in [0.05, 0.1) is 0 Å². The van der Waals surface area contributed by atoms with Gasteiger partial charge in [-0.3, -0.25) is 4.57 Å². The van der Waals surface area contributed by atoms with Crippen LogP contribution in [0.25, 0.3) is 0 Å². The summed E-state index contributed by atoms with van der Waals surface area (Å²) in [6.45, 7) is 0. The topological polar surface area (TPSA) is 77.8 Å². The van der Waals surface area contributed by atoms with Crippen molar-refractivity contribution in [3.8, 4) is 0 Å². The highest BCUT2D eigenvalue weighted by Crippen LogP contribution is 2.63. The summed E-state index contributed by atoms with van der Waals surface area (Å²) in [7, 11) is -4.74. The van der Waals surface area contributed by atoms with Gasteiger partial charge < -0.3 is 15.1 Å². The van der Waals surface area contributed by atoms with Crippen molar-refractivity contribution in [3.05, 3.63) is 71.3 Å². The van der Waals surface area contributed by atoms with Crippen molar-refractivity contribution < 1.29 is 28.5 Å². The fraction of sp³-hybridized carbons (Fsp3) is 0.143. The lowest BCUT2D eigenvalue weighted by molar-refractivity contribution is 0.182. The van der Waals surface area contributed by atoms with Gasteiger partial charge in [-0.1, -0.05) is 36.4 Å². The van der Waals surface area contributed by atoms with Gasteiger partial charge in [-0.2, -0.15) is 0 Å². The maximum atomic E-state index is 13.6. The second kappa shape index (κ2) is 6.03. The summed E-state index contributed by atoms with van der Waals surface area (Å²) in [4.78, 5) is 9.93. The Bertz CT molecular complexity index is 637. The second-order valence-electron chi connectivity index (χ2n) is 4.46. The maximum Gasteiger partial charge on any atom is 0.264 e. The number of hydrogen-bond donors (Lipinski definition) is 3. The number of aliphatic hydroxyl groups is 2. The standard InChI is InChI=1S/C14H13F2O4P/c15-11-7-3-1-5-9(11)13(17)21(19,20)14(18)10-6-2-4-8-12(10)16/h1-8,13-14,17-18H,(H,19,20)/t13-,14-/m0/s1. The van der Waals surface area contributed by atoms with Crippen LogP contribution < -0.4 is 0 Å². The summed E-state index contributed by atoms with van der Waals surface area (Å²) in [5.41, 5.74) is -0.863. The zero-order chi connectivity index (χ0) is 15.6. The minimum absolute atomic E-state index is 0.432. The monoisotopic (exact) mass is 314 g/mol. The van der Waals surface area contributed by atoms with E-state index in [4.69, 9.17) is 0 Å². The molecule has 2 atom stereocenters. The Morgan fingerprint density at radius 3 is 1.48 bits per heavy atom. The molecule has 0 aliphatic heterocycles. The lowest BCUT2D eigenvalue weighted by atomic mass is 10.2. The van der Waals surface area contributed by atoms with Crippen LogP contribution in [0.4, 0.5) is 8.78 Å². The molecule has 2 aromatic rings. The van der Waals surface area contributed by atoms with E-state index in [1.54, 1.807) is 0 Å². The molecule has 0 heterocycles. The Morgan fingerprint density at radius 2 is 1.14 bits per heavy atom. The van der Waals surface area contributed by atoms with Gasteiger partial charge in [-0.05, 0) is 12.1 Å². The SMILES string of the molecule is O=P(O)([C@H](O)c1ccccc1F)[C@H](O)c1ccccc1F. The Kier molecular flexibility index (Phi) is 4.54. The van der Waals surface area contributed by atoms with E-state index < -0.39 is 41.8 Å².